The Labute approximate surface area is 192 Å². The molecule has 7 nitrogen and oxygen atoms in total. The van der Waals surface area contributed by atoms with Crippen LogP contribution in [0.1, 0.15) is 18.1 Å². The average molecular weight is 456 g/mol. The zero-order chi connectivity index (χ0) is 22.9. The molecule has 168 valence electrons. The second-order valence-electron chi connectivity index (χ2n) is 7.07. The van der Waals surface area contributed by atoms with Crippen LogP contribution in [0.5, 0.6) is 17.4 Å². The number of hydrogen-bond acceptors (Lipinski definition) is 6. The third-order valence-corrected chi connectivity index (χ3v) is 5.15. The standard InChI is InChI=1S/C24H26ClN3O4/c1-4-30-19-7-5-18(6-8-19)21-9-10-23(28-27-21)31-12-11-26-22(29)15-32-20-13-16(2)24(25)17(3)14-20/h5-10,13-14H,4,11-12,15H2,1-3H3,(H,26,29). The van der Waals surface area contributed by atoms with E-state index >= 15 is 0 Å². The third kappa shape index (κ3) is 6.59. The molecule has 0 unspecified atom stereocenters. The maximum atomic E-state index is 12.0. The maximum Gasteiger partial charge on any atom is 0.258 e. The van der Waals surface area contributed by atoms with Gasteiger partial charge in [-0.05, 0) is 74.4 Å². The molecule has 0 spiro atoms. The molecule has 8 heteroatoms. The van der Waals surface area contributed by atoms with Gasteiger partial charge in [-0.15, -0.1) is 10.2 Å². The fourth-order valence-electron chi connectivity index (χ4n) is 2.98. The number of aryl methyl sites for hydroxylation is 2. The molecule has 32 heavy (non-hydrogen) atoms. The molecular formula is C24H26ClN3O4. The van der Waals surface area contributed by atoms with Crippen LogP contribution in [0.3, 0.4) is 0 Å². The lowest BCUT2D eigenvalue weighted by atomic mass is 10.1. The van der Waals surface area contributed by atoms with E-state index in [2.05, 4.69) is 15.5 Å². The first-order valence-electron chi connectivity index (χ1n) is 10.3. The molecular weight excluding hydrogens is 430 g/mol. The molecule has 3 aromatic rings. The number of aromatic nitrogens is 2. The van der Waals surface area contributed by atoms with Gasteiger partial charge in [-0.1, -0.05) is 11.6 Å². The topological polar surface area (TPSA) is 82.6 Å². The van der Waals surface area contributed by atoms with Gasteiger partial charge in [0.2, 0.25) is 5.88 Å². The number of benzene rings is 2. The predicted octanol–water partition coefficient (Wildman–Crippen LogP) is 4.39. The van der Waals surface area contributed by atoms with Gasteiger partial charge in [0, 0.05) is 16.7 Å². The fourth-order valence-corrected chi connectivity index (χ4v) is 3.08. The van der Waals surface area contributed by atoms with Gasteiger partial charge in [-0.3, -0.25) is 4.79 Å². The number of ether oxygens (including phenoxy) is 3. The number of carbonyl (C=O) groups excluding carboxylic acids is 1. The maximum absolute atomic E-state index is 12.0. The average Bonchev–Trinajstić information content (AvgIpc) is 2.80. The number of nitrogens with zero attached hydrogens (tertiary/aromatic N) is 2. The molecule has 0 bridgehead atoms. The van der Waals surface area contributed by atoms with Gasteiger partial charge >= 0.3 is 0 Å². The zero-order valence-corrected chi connectivity index (χ0v) is 19.1. The molecule has 0 aliphatic rings. The molecule has 0 saturated carbocycles. The van der Waals surface area contributed by atoms with Crippen molar-refractivity contribution in [3.63, 3.8) is 0 Å². The molecule has 0 saturated heterocycles. The Hall–Kier alpha value is -3.32. The summed E-state index contributed by atoms with van der Waals surface area (Å²) in [6, 6.07) is 14.8. The van der Waals surface area contributed by atoms with Gasteiger partial charge in [0.1, 0.15) is 18.1 Å². The van der Waals surface area contributed by atoms with E-state index in [1.165, 1.54) is 0 Å². The highest BCUT2D eigenvalue weighted by atomic mass is 35.5. The summed E-state index contributed by atoms with van der Waals surface area (Å²) in [5.41, 5.74) is 3.49. The molecule has 0 fully saturated rings. The zero-order valence-electron chi connectivity index (χ0n) is 18.4. The van der Waals surface area contributed by atoms with E-state index in [1.807, 2.05) is 51.1 Å². The molecule has 1 aromatic heterocycles. The van der Waals surface area contributed by atoms with E-state index in [0.29, 0.717) is 29.8 Å². The molecule has 0 atom stereocenters. The molecule has 2 aromatic carbocycles. The Morgan fingerprint density at radius 1 is 0.938 bits per heavy atom. The molecule has 3 rings (SSSR count). The van der Waals surface area contributed by atoms with Gasteiger partial charge in [-0.2, -0.15) is 0 Å². The summed E-state index contributed by atoms with van der Waals surface area (Å²) in [6.45, 7) is 6.86. The minimum atomic E-state index is -0.240. The molecule has 0 radical (unpaired) electrons. The first kappa shape index (κ1) is 23.3. The van der Waals surface area contributed by atoms with Crippen molar-refractivity contribution in [2.45, 2.75) is 20.8 Å². The second-order valence-corrected chi connectivity index (χ2v) is 7.45. The number of carbonyl (C=O) groups is 1. The van der Waals surface area contributed by atoms with Crippen molar-refractivity contribution in [2.24, 2.45) is 0 Å². The Morgan fingerprint density at radius 2 is 1.66 bits per heavy atom. The Balaban J connectivity index is 1.39. The van der Waals surface area contributed by atoms with Crippen molar-refractivity contribution in [2.75, 3.05) is 26.4 Å². The summed E-state index contributed by atoms with van der Waals surface area (Å²) in [7, 11) is 0. The first-order valence-corrected chi connectivity index (χ1v) is 10.7. The van der Waals surface area contributed by atoms with Crippen molar-refractivity contribution >= 4 is 17.5 Å². The monoisotopic (exact) mass is 455 g/mol. The van der Waals surface area contributed by atoms with Gasteiger partial charge in [0.25, 0.3) is 5.91 Å². The van der Waals surface area contributed by atoms with Crippen molar-refractivity contribution in [3.05, 3.63) is 64.7 Å². The molecule has 0 aliphatic carbocycles. The summed E-state index contributed by atoms with van der Waals surface area (Å²) < 4.78 is 16.5. The van der Waals surface area contributed by atoms with Crippen LogP contribution in [0.2, 0.25) is 5.02 Å². The Bertz CT molecular complexity index is 1020. The van der Waals surface area contributed by atoms with E-state index in [-0.39, 0.29) is 19.1 Å². The van der Waals surface area contributed by atoms with Gasteiger partial charge < -0.3 is 19.5 Å². The highest BCUT2D eigenvalue weighted by Gasteiger charge is 2.07. The van der Waals surface area contributed by atoms with Gasteiger partial charge in [0.15, 0.2) is 6.61 Å². The predicted molar refractivity (Wildman–Crippen MR) is 124 cm³/mol. The number of nitrogens with one attached hydrogen (secondary N) is 1. The van der Waals surface area contributed by atoms with Crippen molar-refractivity contribution in [1.29, 1.82) is 0 Å². The summed E-state index contributed by atoms with van der Waals surface area (Å²) in [4.78, 5) is 12.0. The number of halogens is 1. The van der Waals surface area contributed by atoms with Gasteiger partial charge in [-0.25, -0.2) is 0 Å². The lowest BCUT2D eigenvalue weighted by Crippen LogP contribution is -2.32. The normalized spacial score (nSPS) is 10.5. The lowest BCUT2D eigenvalue weighted by molar-refractivity contribution is -0.123. The smallest absolute Gasteiger partial charge is 0.258 e. The second kappa shape index (κ2) is 11.3. The minimum absolute atomic E-state index is 0.0862. The summed E-state index contributed by atoms with van der Waals surface area (Å²) in [6.07, 6.45) is 0. The molecule has 1 N–H and O–H groups in total. The highest BCUT2D eigenvalue weighted by molar-refractivity contribution is 6.32. The number of hydrogen-bond donors (Lipinski definition) is 1. The van der Waals surface area contributed by atoms with Crippen LogP contribution >= 0.6 is 11.6 Å². The number of amides is 1. The van der Waals surface area contributed by atoms with E-state index < -0.39 is 0 Å². The highest BCUT2D eigenvalue weighted by Crippen LogP contribution is 2.25. The summed E-state index contributed by atoms with van der Waals surface area (Å²) in [5, 5.41) is 11.7. The van der Waals surface area contributed by atoms with Gasteiger partial charge in [0.05, 0.1) is 18.8 Å². The fraction of sp³-hybridized carbons (Fsp3) is 0.292. The molecule has 1 amide bonds. The van der Waals surface area contributed by atoms with Crippen molar-refractivity contribution in [3.8, 4) is 28.6 Å². The minimum Gasteiger partial charge on any atom is -0.494 e. The lowest BCUT2D eigenvalue weighted by Gasteiger charge is -2.10. The van der Waals surface area contributed by atoms with Crippen LogP contribution in [0.25, 0.3) is 11.3 Å². The third-order valence-electron chi connectivity index (χ3n) is 4.56. The van der Waals surface area contributed by atoms with Crippen molar-refractivity contribution in [1.82, 2.24) is 15.5 Å². The van der Waals surface area contributed by atoms with E-state index in [9.17, 15) is 4.79 Å². The van der Waals surface area contributed by atoms with Crippen LogP contribution in [0.15, 0.2) is 48.5 Å². The van der Waals surface area contributed by atoms with Crippen LogP contribution in [0.4, 0.5) is 0 Å². The van der Waals surface area contributed by atoms with Crippen LogP contribution in [0, 0.1) is 13.8 Å². The van der Waals surface area contributed by atoms with Crippen LogP contribution in [-0.4, -0.2) is 42.5 Å². The van der Waals surface area contributed by atoms with Crippen LogP contribution < -0.4 is 19.5 Å². The van der Waals surface area contributed by atoms with E-state index in [4.69, 9.17) is 25.8 Å². The SMILES string of the molecule is CCOc1ccc(-c2ccc(OCCNC(=O)COc3cc(C)c(Cl)c(C)c3)nn2)cc1. The Morgan fingerprint density at radius 3 is 2.28 bits per heavy atom. The molecule has 1 heterocycles. The quantitative estimate of drug-likeness (QED) is 0.456. The summed E-state index contributed by atoms with van der Waals surface area (Å²) >= 11 is 6.14. The van der Waals surface area contributed by atoms with E-state index in [0.717, 1.165) is 28.1 Å². The largest absolute Gasteiger partial charge is 0.494 e. The first-order chi connectivity index (χ1) is 15.5. The summed E-state index contributed by atoms with van der Waals surface area (Å²) in [5.74, 6) is 1.57. The van der Waals surface area contributed by atoms with Crippen molar-refractivity contribution < 1.29 is 19.0 Å². The molecule has 0 aliphatic heterocycles. The number of rotatable bonds is 10. The Kier molecular flexibility index (Phi) is 8.27. The van der Waals surface area contributed by atoms with Crippen LogP contribution in [-0.2, 0) is 4.79 Å². The van der Waals surface area contributed by atoms with E-state index in [1.54, 1.807) is 18.2 Å².